The maximum absolute atomic E-state index is 13.1. The lowest BCUT2D eigenvalue weighted by Crippen LogP contribution is -1.98. The molecule has 22 heavy (non-hydrogen) atoms. The van der Waals surface area contributed by atoms with E-state index < -0.39 is 0 Å². The molecule has 0 aliphatic heterocycles. The van der Waals surface area contributed by atoms with Crippen LogP contribution in [0.2, 0.25) is 0 Å². The molecule has 2 aromatic rings. The van der Waals surface area contributed by atoms with E-state index in [9.17, 15) is 4.39 Å². The number of aliphatic imine (C=N–C) groups is 1. The van der Waals surface area contributed by atoms with Crippen LogP contribution in [0.1, 0.15) is 11.1 Å². The molecule has 0 fully saturated rings. The molecule has 0 heterocycles. The number of ether oxygens (including phenoxy) is 2. The highest BCUT2D eigenvalue weighted by molar-refractivity contribution is 14.1. The molecule has 0 spiro atoms. The van der Waals surface area contributed by atoms with Crippen molar-refractivity contribution < 1.29 is 13.9 Å². The molecule has 0 bridgehead atoms. The number of hydrogen-bond donors (Lipinski definition) is 0. The molecule has 0 atom stereocenters. The quantitative estimate of drug-likeness (QED) is 0.527. The van der Waals surface area contributed by atoms with Gasteiger partial charge in [0.2, 0.25) is 0 Å². The lowest BCUT2D eigenvalue weighted by atomic mass is 10.1. The second kappa shape index (κ2) is 8.12. The Bertz CT molecular complexity index is 674. The van der Waals surface area contributed by atoms with E-state index in [1.165, 1.54) is 12.1 Å². The Kier molecular flexibility index (Phi) is 6.18. The highest BCUT2D eigenvalue weighted by Crippen LogP contribution is 2.30. The predicted molar refractivity (Wildman–Crippen MR) is 94.8 cm³/mol. The van der Waals surface area contributed by atoms with Crippen LogP contribution < -0.4 is 9.47 Å². The van der Waals surface area contributed by atoms with Crippen LogP contribution in [0, 0.1) is 9.39 Å². The van der Waals surface area contributed by atoms with Gasteiger partial charge in [-0.1, -0.05) is 12.1 Å². The van der Waals surface area contributed by atoms with Gasteiger partial charge in [0.05, 0.1) is 17.8 Å². The van der Waals surface area contributed by atoms with Crippen molar-refractivity contribution in [3.05, 3.63) is 56.9 Å². The zero-order valence-corrected chi connectivity index (χ0v) is 14.6. The van der Waals surface area contributed by atoms with Gasteiger partial charge in [0.15, 0.2) is 0 Å². The van der Waals surface area contributed by atoms with Gasteiger partial charge in [-0.05, 0) is 64.4 Å². The number of nitrogens with zero attached hydrogens (tertiary/aromatic N) is 1. The SMILES string of the molecule is COc1cc(CCN=Cc2cccc(F)c2)c(OC)cc1I. The molecule has 0 N–H and O–H groups in total. The highest BCUT2D eigenvalue weighted by atomic mass is 127. The molecule has 0 aromatic heterocycles. The molecule has 0 saturated heterocycles. The van der Waals surface area contributed by atoms with Crippen molar-refractivity contribution in [3.63, 3.8) is 0 Å². The van der Waals surface area contributed by atoms with Crippen LogP contribution in [-0.2, 0) is 6.42 Å². The maximum Gasteiger partial charge on any atom is 0.132 e. The Morgan fingerprint density at radius 3 is 2.59 bits per heavy atom. The Morgan fingerprint density at radius 2 is 1.91 bits per heavy atom. The van der Waals surface area contributed by atoms with Crippen LogP contribution >= 0.6 is 22.6 Å². The molecule has 2 aromatic carbocycles. The van der Waals surface area contributed by atoms with Crippen molar-refractivity contribution in [2.75, 3.05) is 20.8 Å². The van der Waals surface area contributed by atoms with Gasteiger partial charge in [0, 0.05) is 12.8 Å². The zero-order chi connectivity index (χ0) is 15.9. The molecule has 0 radical (unpaired) electrons. The van der Waals surface area contributed by atoms with Gasteiger partial charge in [-0.25, -0.2) is 4.39 Å². The van der Waals surface area contributed by atoms with E-state index in [4.69, 9.17) is 9.47 Å². The second-order valence-electron chi connectivity index (χ2n) is 4.64. The minimum Gasteiger partial charge on any atom is -0.496 e. The average molecular weight is 413 g/mol. The Hall–Kier alpha value is -1.63. The monoisotopic (exact) mass is 413 g/mol. The first-order valence-corrected chi connectivity index (χ1v) is 7.87. The predicted octanol–water partition coefficient (Wildman–Crippen LogP) is 4.11. The Labute approximate surface area is 143 Å². The second-order valence-corrected chi connectivity index (χ2v) is 5.80. The van der Waals surface area contributed by atoms with E-state index in [2.05, 4.69) is 27.6 Å². The van der Waals surface area contributed by atoms with Crippen LogP contribution in [-0.4, -0.2) is 27.0 Å². The van der Waals surface area contributed by atoms with Crippen molar-refractivity contribution in [2.24, 2.45) is 4.99 Å². The van der Waals surface area contributed by atoms with E-state index in [1.807, 2.05) is 18.2 Å². The minimum atomic E-state index is -0.256. The third-order valence-electron chi connectivity index (χ3n) is 3.15. The van der Waals surface area contributed by atoms with Crippen molar-refractivity contribution in [1.29, 1.82) is 0 Å². The summed E-state index contributed by atoms with van der Waals surface area (Å²) in [7, 11) is 3.30. The number of halogens is 2. The van der Waals surface area contributed by atoms with E-state index in [0.29, 0.717) is 6.54 Å². The van der Waals surface area contributed by atoms with E-state index in [0.717, 1.165) is 32.6 Å². The van der Waals surface area contributed by atoms with Crippen LogP contribution in [0.25, 0.3) is 0 Å². The normalized spacial score (nSPS) is 10.9. The molecular formula is C17H17FINO2. The minimum absolute atomic E-state index is 0.256. The van der Waals surface area contributed by atoms with Gasteiger partial charge in [-0.3, -0.25) is 4.99 Å². The first-order valence-electron chi connectivity index (χ1n) is 6.80. The van der Waals surface area contributed by atoms with Gasteiger partial charge >= 0.3 is 0 Å². The summed E-state index contributed by atoms with van der Waals surface area (Å²) in [4.78, 5) is 4.34. The van der Waals surface area contributed by atoms with Crippen molar-refractivity contribution in [2.45, 2.75) is 6.42 Å². The molecule has 0 saturated carbocycles. The third-order valence-corrected chi connectivity index (χ3v) is 4.00. The van der Waals surface area contributed by atoms with Crippen LogP contribution in [0.3, 0.4) is 0 Å². The summed E-state index contributed by atoms with van der Waals surface area (Å²) in [6.45, 7) is 0.594. The highest BCUT2D eigenvalue weighted by Gasteiger charge is 2.08. The van der Waals surface area contributed by atoms with E-state index in [1.54, 1.807) is 26.5 Å². The molecule has 0 amide bonds. The van der Waals surface area contributed by atoms with Gasteiger partial charge in [-0.15, -0.1) is 0 Å². The van der Waals surface area contributed by atoms with Crippen molar-refractivity contribution in [3.8, 4) is 11.5 Å². The molecule has 2 rings (SSSR count). The Balaban J connectivity index is 2.05. The number of hydrogen-bond acceptors (Lipinski definition) is 3. The van der Waals surface area contributed by atoms with E-state index >= 15 is 0 Å². The Morgan fingerprint density at radius 1 is 1.14 bits per heavy atom. The molecule has 3 nitrogen and oxygen atoms in total. The standard InChI is InChI=1S/C17H17FINO2/c1-21-16-10-15(19)17(22-2)9-13(16)6-7-20-11-12-4-3-5-14(18)8-12/h3-5,8-11H,6-7H2,1-2H3. The molecule has 5 heteroatoms. The molecular weight excluding hydrogens is 396 g/mol. The number of benzene rings is 2. The summed E-state index contributed by atoms with van der Waals surface area (Å²) in [6, 6.07) is 10.3. The van der Waals surface area contributed by atoms with Crippen LogP contribution in [0.5, 0.6) is 11.5 Å². The summed E-state index contributed by atoms with van der Waals surface area (Å²) in [5, 5.41) is 0. The first-order chi connectivity index (χ1) is 10.6. The average Bonchev–Trinajstić information content (AvgIpc) is 2.52. The van der Waals surface area contributed by atoms with Gasteiger partial charge in [0.1, 0.15) is 17.3 Å². The van der Waals surface area contributed by atoms with Gasteiger partial charge < -0.3 is 9.47 Å². The molecule has 0 aliphatic rings. The summed E-state index contributed by atoms with van der Waals surface area (Å²) < 4.78 is 24.8. The van der Waals surface area contributed by atoms with Crippen molar-refractivity contribution in [1.82, 2.24) is 0 Å². The smallest absolute Gasteiger partial charge is 0.132 e. The molecule has 0 unspecified atom stereocenters. The fourth-order valence-corrected chi connectivity index (χ4v) is 2.72. The van der Waals surface area contributed by atoms with E-state index in [-0.39, 0.29) is 5.82 Å². The van der Waals surface area contributed by atoms with Crippen molar-refractivity contribution >= 4 is 28.8 Å². The van der Waals surface area contributed by atoms with Crippen LogP contribution in [0.15, 0.2) is 41.4 Å². The maximum atomic E-state index is 13.1. The lowest BCUT2D eigenvalue weighted by Gasteiger charge is -2.11. The first kappa shape index (κ1) is 16.7. The fraction of sp³-hybridized carbons (Fsp3) is 0.235. The van der Waals surface area contributed by atoms with Gasteiger partial charge in [0.25, 0.3) is 0 Å². The summed E-state index contributed by atoms with van der Waals surface area (Å²) in [5.74, 6) is 1.39. The zero-order valence-electron chi connectivity index (χ0n) is 12.5. The summed E-state index contributed by atoms with van der Waals surface area (Å²) in [5.41, 5.74) is 1.79. The number of methoxy groups -OCH3 is 2. The third kappa shape index (κ3) is 4.43. The molecule has 0 aliphatic carbocycles. The lowest BCUT2D eigenvalue weighted by molar-refractivity contribution is 0.396. The fourth-order valence-electron chi connectivity index (χ4n) is 2.06. The molecule has 116 valence electrons. The number of rotatable bonds is 6. The summed E-state index contributed by atoms with van der Waals surface area (Å²) >= 11 is 2.21. The van der Waals surface area contributed by atoms with Gasteiger partial charge in [-0.2, -0.15) is 0 Å². The largest absolute Gasteiger partial charge is 0.496 e. The summed E-state index contributed by atoms with van der Waals surface area (Å²) in [6.07, 6.45) is 2.40. The topological polar surface area (TPSA) is 30.8 Å². The van der Waals surface area contributed by atoms with Crippen LogP contribution in [0.4, 0.5) is 4.39 Å².